The Hall–Kier alpha value is -1.63. The normalized spacial score (nSPS) is 17.4. The number of halogens is 3. The van der Waals surface area contributed by atoms with Crippen LogP contribution >= 0.6 is 23.2 Å². The minimum absolute atomic E-state index is 0.135. The van der Waals surface area contributed by atoms with Gasteiger partial charge in [-0.15, -0.1) is 0 Å². The molecule has 2 aromatic rings. The summed E-state index contributed by atoms with van der Waals surface area (Å²) in [5.41, 5.74) is 2.20. The number of carbonyl (C=O) groups is 1. The predicted molar refractivity (Wildman–Crippen MR) is 78.0 cm³/mol. The summed E-state index contributed by atoms with van der Waals surface area (Å²) in [7, 11) is 0. The van der Waals surface area contributed by atoms with Crippen molar-refractivity contribution in [1.82, 2.24) is 15.3 Å². The molecule has 3 rings (SSSR count). The van der Waals surface area contributed by atoms with Gasteiger partial charge in [0.1, 0.15) is 0 Å². The van der Waals surface area contributed by atoms with Crippen molar-refractivity contribution in [3.63, 3.8) is 0 Å². The van der Waals surface area contributed by atoms with Crippen LogP contribution in [0.25, 0.3) is 0 Å². The fourth-order valence-corrected chi connectivity index (χ4v) is 2.70. The van der Waals surface area contributed by atoms with E-state index in [0.29, 0.717) is 18.7 Å². The number of hydrogen-bond acceptors (Lipinski definition) is 3. The zero-order chi connectivity index (χ0) is 15.0. The first-order valence-electron chi connectivity index (χ1n) is 6.24. The van der Waals surface area contributed by atoms with Gasteiger partial charge in [-0.25, -0.2) is 9.37 Å². The molecule has 1 atom stereocenters. The Morgan fingerprint density at radius 1 is 1.38 bits per heavy atom. The minimum Gasteiger partial charge on any atom is -0.347 e. The SMILES string of the molecule is O=C(Nc1cc(Cl)c(F)c(Cl)c1)C1Cc2nc[nH]c2CN1. The van der Waals surface area contributed by atoms with Crippen molar-refractivity contribution in [1.29, 1.82) is 0 Å². The number of benzene rings is 1. The van der Waals surface area contributed by atoms with Crippen LogP contribution in [-0.2, 0) is 17.8 Å². The Bertz CT molecular complexity index is 680. The van der Waals surface area contributed by atoms with Crippen molar-refractivity contribution in [2.24, 2.45) is 0 Å². The minimum atomic E-state index is -0.701. The molecule has 110 valence electrons. The number of aromatic nitrogens is 2. The maximum Gasteiger partial charge on any atom is 0.241 e. The molecular weight excluding hydrogens is 318 g/mol. The Balaban J connectivity index is 1.73. The molecule has 1 aromatic carbocycles. The lowest BCUT2D eigenvalue weighted by molar-refractivity contribution is -0.118. The largest absolute Gasteiger partial charge is 0.347 e. The highest BCUT2D eigenvalue weighted by molar-refractivity contribution is 6.35. The van der Waals surface area contributed by atoms with Crippen LogP contribution in [0.1, 0.15) is 11.4 Å². The fourth-order valence-electron chi connectivity index (χ4n) is 2.21. The van der Waals surface area contributed by atoms with Crippen molar-refractivity contribution < 1.29 is 9.18 Å². The Morgan fingerprint density at radius 3 is 2.81 bits per heavy atom. The second-order valence-electron chi connectivity index (χ2n) is 4.71. The second kappa shape index (κ2) is 5.63. The molecule has 8 heteroatoms. The van der Waals surface area contributed by atoms with Crippen molar-refractivity contribution >= 4 is 34.8 Å². The number of carbonyl (C=O) groups excluding carboxylic acids is 1. The molecule has 0 bridgehead atoms. The highest BCUT2D eigenvalue weighted by atomic mass is 35.5. The van der Waals surface area contributed by atoms with E-state index >= 15 is 0 Å². The maximum absolute atomic E-state index is 13.3. The number of aromatic amines is 1. The topological polar surface area (TPSA) is 69.8 Å². The van der Waals surface area contributed by atoms with Gasteiger partial charge >= 0.3 is 0 Å². The van der Waals surface area contributed by atoms with Crippen LogP contribution in [0, 0.1) is 5.82 Å². The molecule has 0 saturated carbocycles. The number of amides is 1. The molecule has 0 spiro atoms. The average Bonchev–Trinajstić information content (AvgIpc) is 2.91. The summed E-state index contributed by atoms with van der Waals surface area (Å²) in [6, 6.07) is 2.23. The van der Waals surface area contributed by atoms with E-state index in [2.05, 4.69) is 20.6 Å². The third kappa shape index (κ3) is 2.88. The number of fused-ring (bicyclic) bond motifs is 1. The summed E-state index contributed by atoms with van der Waals surface area (Å²) in [6.07, 6.45) is 2.08. The number of nitrogens with zero attached hydrogens (tertiary/aromatic N) is 1. The highest BCUT2D eigenvalue weighted by Crippen LogP contribution is 2.27. The fraction of sp³-hybridized carbons (Fsp3) is 0.231. The molecule has 0 fully saturated rings. The molecule has 1 aliphatic heterocycles. The number of H-pyrrole nitrogens is 1. The van der Waals surface area contributed by atoms with Gasteiger partial charge in [-0.1, -0.05) is 23.2 Å². The van der Waals surface area contributed by atoms with E-state index in [1.54, 1.807) is 6.33 Å². The van der Waals surface area contributed by atoms with Crippen LogP contribution in [0.5, 0.6) is 0 Å². The van der Waals surface area contributed by atoms with E-state index < -0.39 is 11.9 Å². The second-order valence-corrected chi connectivity index (χ2v) is 5.52. The predicted octanol–water partition coefficient (Wildman–Crippen LogP) is 2.51. The first-order chi connectivity index (χ1) is 10.0. The lowest BCUT2D eigenvalue weighted by atomic mass is 10.0. The Kier molecular flexibility index (Phi) is 3.84. The van der Waals surface area contributed by atoms with Crippen LogP contribution in [0.4, 0.5) is 10.1 Å². The van der Waals surface area contributed by atoms with Gasteiger partial charge in [0.15, 0.2) is 5.82 Å². The molecule has 2 heterocycles. The molecule has 1 aliphatic rings. The Morgan fingerprint density at radius 2 is 2.10 bits per heavy atom. The van der Waals surface area contributed by atoms with Crippen molar-refractivity contribution in [2.45, 2.75) is 19.0 Å². The molecule has 5 nitrogen and oxygen atoms in total. The summed E-state index contributed by atoms with van der Waals surface area (Å²) >= 11 is 11.4. The van der Waals surface area contributed by atoms with E-state index in [-0.39, 0.29) is 16.0 Å². The summed E-state index contributed by atoms with van der Waals surface area (Å²) in [4.78, 5) is 19.4. The van der Waals surface area contributed by atoms with E-state index in [1.807, 2.05) is 0 Å². The van der Waals surface area contributed by atoms with Gasteiger partial charge in [-0.3, -0.25) is 10.1 Å². The number of nitrogens with one attached hydrogen (secondary N) is 3. The van der Waals surface area contributed by atoms with Crippen LogP contribution in [-0.4, -0.2) is 21.9 Å². The quantitative estimate of drug-likeness (QED) is 0.742. The molecular formula is C13H11Cl2FN4O. The zero-order valence-corrected chi connectivity index (χ0v) is 12.2. The summed E-state index contributed by atoms with van der Waals surface area (Å²) < 4.78 is 13.3. The van der Waals surface area contributed by atoms with E-state index in [9.17, 15) is 9.18 Å². The van der Waals surface area contributed by atoms with Crippen molar-refractivity contribution in [2.75, 3.05) is 5.32 Å². The third-order valence-corrected chi connectivity index (χ3v) is 3.85. The van der Waals surface area contributed by atoms with Gasteiger partial charge in [0.2, 0.25) is 5.91 Å². The maximum atomic E-state index is 13.3. The van der Waals surface area contributed by atoms with Gasteiger partial charge in [0.05, 0.1) is 33.8 Å². The molecule has 0 saturated heterocycles. The summed E-state index contributed by atoms with van der Waals surface area (Å²) in [5, 5.41) is 5.50. The van der Waals surface area contributed by atoms with Crippen molar-refractivity contribution in [3.05, 3.63) is 45.7 Å². The van der Waals surface area contributed by atoms with Crippen LogP contribution in [0.15, 0.2) is 18.5 Å². The van der Waals surface area contributed by atoms with Gasteiger partial charge in [-0.2, -0.15) is 0 Å². The summed E-state index contributed by atoms with van der Waals surface area (Å²) in [6.45, 7) is 0.540. The first-order valence-corrected chi connectivity index (χ1v) is 7.00. The molecule has 0 aliphatic carbocycles. The first kappa shape index (κ1) is 14.3. The smallest absolute Gasteiger partial charge is 0.241 e. The van der Waals surface area contributed by atoms with Crippen LogP contribution < -0.4 is 10.6 Å². The van der Waals surface area contributed by atoms with Crippen LogP contribution in [0.3, 0.4) is 0 Å². The Labute approximate surface area is 129 Å². The molecule has 1 aromatic heterocycles. The van der Waals surface area contributed by atoms with E-state index in [1.165, 1.54) is 12.1 Å². The molecule has 0 radical (unpaired) electrons. The third-order valence-electron chi connectivity index (χ3n) is 3.30. The zero-order valence-electron chi connectivity index (χ0n) is 10.7. The van der Waals surface area contributed by atoms with Crippen LogP contribution in [0.2, 0.25) is 10.0 Å². The van der Waals surface area contributed by atoms with Gasteiger partial charge in [-0.05, 0) is 12.1 Å². The lowest BCUT2D eigenvalue weighted by Gasteiger charge is -2.22. The number of rotatable bonds is 2. The van der Waals surface area contributed by atoms with E-state index in [4.69, 9.17) is 23.2 Å². The highest BCUT2D eigenvalue weighted by Gasteiger charge is 2.26. The lowest BCUT2D eigenvalue weighted by Crippen LogP contribution is -2.44. The van der Waals surface area contributed by atoms with Gasteiger partial charge in [0, 0.05) is 18.7 Å². The number of hydrogen-bond donors (Lipinski definition) is 3. The average molecular weight is 329 g/mol. The van der Waals surface area contributed by atoms with Gasteiger partial charge < -0.3 is 10.3 Å². The van der Waals surface area contributed by atoms with Gasteiger partial charge in [0.25, 0.3) is 0 Å². The molecule has 1 unspecified atom stereocenters. The number of anilines is 1. The molecule has 3 N–H and O–H groups in total. The van der Waals surface area contributed by atoms with E-state index in [0.717, 1.165) is 11.4 Å². The molecule has 1 amide bonds. The monoisotopic (exact) mass is 328 g/mol. The molecule has 21 heavy (non-hydrogen) atoms. The standard InChI is InChI=1S/C13H11Cl2FN4O/c14-7-1-6(2-8(15)12(7)16)20-13(21)10-3-9-11(4-17-10)19-5-18-9/h1-2,5,10,17H,3-4H2,(H,18,19)(H,20,21). The van der Waals surface area contributed by atoms with Crippen molar-refractivity contribution in [3.8, 4) is 0 Å². The number of imidazole rings is 1. The summed E-state index contributed by atoms with van der Waals surface area (Å²) in [5.74, 6) is -0.948.